The van der Waals surface area contributed by atoms with E-state index in [9.17, 15) is 4.79 Å². The van der Waals surface area contributed by atoms with Gasteiger partial charge in [0.15, 0.2) is 5.13 Å². The minimum absolute atomic E-state index is 0.103. The molecule has 2 rings (SSSR count). The molecule has 1 saturated heterocycles. The molecule has 1 aliphatic heterocycles. The van der Waals surface area contributed by atoms with Crippen molar-refractivity contribution in [1.29, 1.82) is 0 Å². The molecule has 0 radical (unpaired) electrons. The lowest BCUT2D eigenvalue weighted by molar-refractivity contribution is 0.0764. The van der Waals surface area contributed by atoms with E-state index >= 15 is 0 Å². The van der Waals surface area contributed by atoms with Gasteiger partial charge >= 0.3 is 0 Å². The second kappa shape index (κ2) is 5.04. The average Bonchev–Trinajstić information content (AvgIpc) is 2.49. The standard InChI is InChI=1S/C12H19N3OS/c1-8-4-3-6-15(7-5-8)11(16)10-9(2)14-12(13)17-10/h8H,3-7H2,1-2H3,(H2,13,14). The van der Waals surface area contributed by atoms with Crippen LogP contribution in [0.15, 0.2) is 0 Å². The molecule has 1 fully saturated rings. The van der Waals surface area contributed by atoms with Gasteiger partial charge in [-0.3, -0.25) is 4.79 Å². The van der Waals surface area contributed by atoms with Gasteiger partial charge in [0, 0.05) is 13.1 Å². The molecule has 0 spiro atoms. The zero-order chi connectivity index (χ0) is 12.4. The van der Waals surface area contributed by atoms with Gasteiger partial charge in [0.05, 0.1) is 5.69 Å². The third-order valence-electron chi connectivity index (χ3n) is 3.31. The lowest BCUT2D eigenvalue weighted by Crippen LogP contribution is -2.31. The topological polar surface area (TPSA) is 59.2 Å². The Labute approximate surface area is 106 Å². The van der Waals surface area contributed by atoms with Gasteiger partial charge in [-0.05, 0) is 32.1 Å². The average molecular weight is 253 g/mol. The quantitative estimate of drug-likeness (QED) is 0.835. The van der Waals surface area contributed by atoms with Crippen molar-refractivity contribution in [3.63, 3.8) is 0 Å². The van der Waals surface area contributed by atoms with Crippen molar-refractivity contribution in [1.82, 2.24) is 9.88 Å². The minimum Gasteiger partial charge on any atom is -0.375 e. The van der Waals surface area contributed by atoms with Crippen LogP contribution in [0.1, 0.15) is 41.6 Å². The summed E-state index contributed by atoms with van der Waals surface area (Å²) in [6.45, 7) is 5.82. The molecule has 1 unspecified atom stereocenters. The van der Waals surface area contributed by atoms with E-state index in [4.69, 9.17) is 5.73 Å². The van der Waals surface area contributed by atoms with E-state index in [0.29, 0.717) is 10.0 Å². The van der Waals surface area contributed by atoms with Crippen LogP contribution < -0.4 is 5.73 Å². The predicted octanol–water partition coefficient (Wildman–Crippen LogP) is 2.30. The van der Waals surface area contributed by atoms with E-state index in [1.54, 1.807) is 0 Å². The minimum atomic E-state index is 0.103. The van der Waals surface area contributed by atoms with Gasteiger partial charge < -0.3 is 10.6 Å². The van der Waals surface area contributed by atoms with Crippen LogP contribution >= 0.6 is 11.3 Å². The molecule has 2 heterocycles. The number of nitrogens with zero attached hydrogens (tertiary/aromatic N) is 2. The third kappa shape index (κ3) is 2.77. The van der Waals surface area contributed by atoms with Gasteiger partial charge in [0.25, 0.3) is 5.91 Å². The second-order valence-electron chi connectivity index (χ2n) is 4.79. The normalized spacial score (nSPS) is 21.3. The highest BCUT2D eigenvalue weighted by Crippen LogP contribution is 2.24. The van der Waals surface area contributed by atoms with Crippen molar-refractivity contribution >= 4 is 22.4 Å². The molecule has 17 heavy (non-hydrogen) atoms. The molecule has 0 bridgehead atoms. The van der Waals surface area contributed by atoms with Crippen LogP contribution in [0.3, 0.4) is 0 Å². The SMILES string of the molecule is Cc1nc(N)sc1C(=O)N1CCCC(C)CC1. The second-order valence-corrected chi connectivity index (χ2v) is 5.83. The molecule has 1 aromatic rings. The summed E-state index contributed by atoms with van der Waals surface area (Å²) < 4.78 is 0. The summed E-state index contributed by atoms with van der Waals surface area (Å²) >= 11 is 1.30. The number of amides is 1. The number of nitrogen functional groups attached to an aromatic ring is 1. The zero-order valence-electron chi connectivity index (χ0n) is 10.4. The molecule has 5 heteroatoms. The predicted molar refractivity (Wildman–Crippen MR) is 70.2 cm³/mol. The highest BCUT2D eigenvalue weighted by molar-refractivity contribution is 7.17. The number of rotatable bonds is 1. The number of thiazole rings is 1. The maximum atomic E-state index is 12.3. The molecule has 0 aliphatic carbocycles. The zero-order valence-corrected chi connectivity index (χ0v) is 11.2. The number of aromatic nitrogens is 1. The number of anilines is 1. The number of aryl methyl sites for hydroxylation is 1. The van der Waals surface area contributed by atoms with Crippen molar-refractivity contribution in [2.24, 2.45) is 5.92 Å². The first-order chi connectivity index (χ1) is 8.08. The van der Waals surface area contributed by atoms with E-state index in [1.807, 2.05) is 11.8 Å². The van der Waals surface area contributed by atoms with E-state index in [-0.39, 0.29) is 5.91 Å². The highest BCUT2D eigenvalue weighted by Gasteiger charge is 2.23. The van der Waals surface area contributed by atoms with Gasteiger partial charge in [-0.1, -0.05) is 18.3 Å². The fraction of sp³-hybridized carbons (Fsp3) is 0.667. The Bertz CT molecular complexity index is 416. The van der Waals surface area contributed by atoms with Crippen LogP contribution in [0, 0.1) is 12.8 Å². The third-order valence-corrected chi connectivity index (χ3v) is 4.29. The van der Waals surface area contributed by atoms with Crippen molar-refractivity contribution < 1.29 is 4.79 Å². The van der Waals surface area contributed by atoms with Crippen molar-refractivity contribution in [3.05, 3.63) is 10.6 Å². The lowest BCUT2D eigenvalue weighted by atomic mass is 10.0. The van der Waals surface area contributed by atoms with Crippen LogP contribution in [0.2, 0.25) is 0 Å². The van der Waals surface area contributed by atoms with Gasteiger partial charge in [-0.15, -0.1) is 0 Å². The number of carbonyl (C=O) groups excluding carboxylic acids is 1. The van der Waals surface area contributed by atoms with Crippen molar-refractivity contribution in [2.45, 2.75) is 33.1 Å². The summed E-state index contributed by atoms with van der Waals surface area (Å²) in [6, 6.07) is 0. The van der Waals surface area contributed by atoms with Crippen LogP contribution in [0.25, 0.3) is 0 Å². The number of carbonyl (C=O) groups is 1. The molecular formula is C12H19N3OS. The van der Waals surface area contributed by atoms with E-state index in [0.717, 1.165) is 37.5 Å². The van der Waals surface area contributed by atoms with E-state index in [1.165, 1.54) is 17.8 Å². The Balaban J connectivity index is 2.11. The van der Waals surface area contributed by atoms with Gasteiger partial charge in [0.2, 0.25) is 0 Å². The molecule has 1 aromatic heterocycles. The summed E-state index contributed by atoms with van der Waals surface area (Å²) in [5, 5.41) is 0.481. The molecule has 0 aromatic carbocycles. The molecule has 1 aliphatic rings. The van der Waals surface area contributed by atoms with E-state index in [2.05, 4.69) is 11.9 Å². The first kappa shape index (κ1) is 12.4. The molecule has 1 amide bonds. The fourth-order valence-corrected chi connectivity index (χ4v) is 3.03. The Hall–Kier alpha value is -1.10. The maximum absolute atomic E-state index is 12.3. The Morgan fingerprint density at radius 3 is 2.88 bits per heavy atom. The van der Waals surface area contributed by atoms with Crippen molar-refractivity contribution in [3.8, 4) is 0 Å². The van der Waals surface area contributed by atoms with Crippen LogP contribution in [0.4, 0.5) is 5.13 Å². The van der Waals surface area contributed by atoms with Crippen LogP contribution in [0.5, 0.6) is 0 Å². The number of nitrogens with two attached hydrogens (primary N) is 1. The largest absolute Gasteiger partial charge is 0.375 e. The van der Waals surface area contributed by atoms with Crippen LogP contribution in [-0.2, 0) is 0 Å². The Morgan fingerprint density at radius 2 is 2.24 bits per heavy atom. The molecule has 4 nitrogen and oxygen atoms in total. The highest BCUT2D eigenvalue weighted by atomic mass is 32.1. The summed E-state index contributed by atoms with van der Waals surface area (Å²) in [5.74, 6) is 0.825. The van der Waals surface area contributed by atoms with E-state index < -0.39 is 0 Å². The van der Waals surface area contributed by atoms with Crippen molar-refractivity contribution in [2.75, 3.05) is 18.8 Å². The summed E-state index contributed by atoms with van der Waals surface area (Å²) in [7, 11) is 0. The summed E-state index contributed by atoms with van der Waals surface area (Å²) in [4.78, 5) is 19.1. The Morgan fingerprint density at radius 1 is 1.47 bits per heavy atom. The molecule has 94 valence electrons. The fourth-order valence-electron chi connectivity index (χ4n) is 2.23. The first-order valence-electron chi connectivity index (χ1n) is 6.10. The molecule has 0 saturated carbocycles. The van der Waals surface area contributed by atoms with Gasteiger partial charge in [-0.2, -0.15) is 0 Å². The summed E-state index contributed by atoms with van der Waals surface area (Å²) in [5.41, 5.74) is 6.40. The first-order valence-corrected chi connectivity index (χ1v) is 6.91. The van der Waals surface area contributed by atoms with Gasteiger partial charge in [-0.25, -0.2) is 4.98 Å². The number of hydrogen-bond donors (Lipinski definition) is 1. The lowest BCUT2D eigenvalue weighted by Gasteiger charge is -2.19. The molecular weight excluding hydrogens is 234 g/mol. The maximum Gasteiger partial charge on any atom is 0.265 e. The number of hydrogen-bond acceptors (Lipinski definition) is 4. The molecule has 1 atom stereocenters. The van der Waals surface area contributed by atoms with Crippen LogP contribution in [-0.4, -0.2) is 28.9 Å². The smallest absolute Gasteiger partial charge is 0.265 e. The number of likely N-dealkylation sites (tertiary alicyclic amines) is 1. The monoisotopic (exact) mass is 253 g/mol. The Kier molecular flexibility index (Phi) is 3.66. The summed E-state index contributed by atoms with van der Waals surface area (Å²) in [6.07, 6.45) is 3.41. The van der Waals surface area contributed by atoms with Gasteiger partial charge in [0.1, 0.15) is 4.88 Å². The molecule has 2 N–H and O–H groups in total.